The summed E-state index contributed by atoms with van der Waals surface area (Å²) < 4.78 is 36.1. The van der Waals surface area contributed by atoms with Crippen molar-refractivity contribution in [3.63, 3.8) is 0 Å². The molecule has 0 aromatic rings. The van der Waals surface area contributed by atoms with Crippen molar-refractivity contribution in [1.29, 1.82) is 0 Å². The van der Waals surface area contributed by atoms with Gasteiger partial charge >= 0.3 is 6.18 Å². The molecule has 1 fully saturated rings. The van der Waals surface area contributed by atoms with Crippen LogP contribution in [-0.2, 0) is 4.79 Å². The lowest BCUT2D eigenvalue weighted by atomic mass is 10.1. The van der Waals surface area contributed by atoms with Gasteiger partial charge < -0.3 is 11.1 Å². The molecule has 2 atom stereocenters. The molecule has 3 nitrogen and oxygen atoms in total. The van der Waals surface area contributed by atoms with Crippen molar-refractivity contribution in [2.24, 2.45) is 11.7 Å². The molecule has 3 N–H and O–H groups in total. The van der Waals surface area contributed by atoms with Gasteiger partial charge in [0.05, 0.1) is 0 Å². The Morgan fingerprint density at radius 3 is 2.47 bits per heavy atom. The van der Waals surface area contributed by atoms with E-state index in [0.29, 0.717) is 5.92 Å². The highest BCUT2D eigenvalue weighted by Crippen LogP contribution is 2.33. The summed E-state index contributed by atoms with van der Waals surface area (Å²) in [4.78, 5) is 11.0. The third kappa shape index (κ3) is 4.07. The highest BCUT2D eigenvalue weighted by atomic mass is 19.4. The predicted molar refractivity (Wildman–Crippen MR) is 49.0 cm³/mol. The van der Waals surface area contributed by atoms with Gasteiger partial charge in [0.2, 0.25) is 5.91 Å². The van der Waals surface area contributed by atoms with Crippen molar-refractivity contribution in [3.05, 3.63) is 0 Å². The Morgan fingerprint density at radius 1 is 1.53 bits per heavy atom. The lowest BCUT2D eigenvalue weighted by Gasteiger charge is -2.19. The monoisotopic (exact) mass is 224 g/mol. The molecule has 1 aliphatic rings. The van der Waals surface area contributed by atoms with Gasteiger partial charge in [-0.2, -0.15) is 13.2 Å². The average Bonchev–Trinajstić information content (AvgIpc) is 2.84. The number of halogens is 3. The number of hydrogen-bond acceptors (Lipinski definition) is 2. The number of amides is 1. The third-order valence-corrected chi connectivity index (χ3v) is 2.41. The highest BCUT2D eigenvalue weighted by Gasteiger charge is 2.42. The summed E-state index contributed by atoms with van der Waals surface area (Å²) in [5.41, 5.74) is 4.75. The van der Waals surface area contributed by atoms with E-state index >= 15 is 0 Å². The number of nitrogens with one attached hydrogen (secondary N) is 1. The zero-order chi connectivity index (χ0) is 11.6. The molecule has 0 spiro atoms. The molecule has 1 saturated carbocycles. The molecule has 0 radical (unpaired) electrons. The molecule has 0 aliphatic heterocycles. The number of hydrogen-bond donors (Lipinski definition) is 2. The SMILES string of the molecule is CC(CC1CC1)NC(=O)C(N)C(F)(F)F. The zero-order valence-corrected chi connectivity index (χ0v) is 8.47. The van der Waals surface area contributed by atoms with Crippen LogP contribution < -0.4 is 11.1 Å². The maximum atomic E-state index is 12.0. The smallest absolute Gasteiger partial charge is 0.352 e. The second-order valence-corrected chi connectivity index (χ2v) is 4.11. The van der Waals surface area contributed by atoms with Crippen LogP contribution in [0.1, 0.15) is 26.2 Å². The molecular formula is C9H15F3N2O. The number of carbonyl (C=O) groups excluding carboxylic acids is 1. The van der Waals surface area contributed by atoms with Crippen molar-refractivity contribution in [2.45, 2.75) is 44.4 Å². The van der Waals surface area contributed by atoms with E-state index in [2.05, 4.69) is 5.32 Å². The summed E-state index contributed by atoms with van der Waals surface area (Å²) in [5, 5.41) is 2.27. The summed E-state index contributed by atoms with van der Waals surface area (Å²) >= 11 is 0. The minimum absolute atomic E-state index is 0.238. The van der Waals surface area contributed by atoms with Gasteiger partial charge in [-0.3, -0.25) is 4.79 Å². The summed E-state index contributed by atoms with van der Waals surface area (Å²) in [6.45, 7) is 1.69. The van der Waals surface area contributed by atoms with Crippen molar-refractivity contribution in [2.75, 3.05) is 0 Å². The molecule has 0 heterocycles. The van der Waals surface area contributed by atoms with Crippen LogP contribution in [0.25, 0.3) is 0 Å². The second kappa shape index (κ2) is 4.38. The molecule has 15 heavy (non-hydrogen) atoms. The predicted octanol–water partition coefficient (Wildman–Crippen LogP) is 1.18. The van der Waals surface area contributed by atoms with Crippen LogP contribution in [0.2, 0.25) is 0 Å². The Kier molecular flexibility index (Phi) is 3.59. The first-order valence-electron chi connectivity index (χ1n) is 4.93. The van der Waals surface area contributed by atoms with E-state index in [1.165, 1.54) is 0 Å². The van der Waals surface area contributed by atoms with Crippen molar-refractivity contribution >= 4 is 5.91 Å². The molecule has 2 unspecified atom stereocenters. The van der Waals surface area contributed by atoms with Gasteiger partial charge in [-0.15, -0.1) is 0 Å². The maximum Gasteiger partial charge on any atom is 0.412 e. The normalized spacial score (nSPS) is 20.9. The minimum atomic E-state index is -4.66. The van der Waals surface area contributed by atoms with Crippen LogP contribution in [0.3, 0.4) is 0 Å². The Bertz CT molecular complexity index is 238. The Hall–Kier alpha value is -0.780. The minimum Gasteiger partial charge on any atom is -0.352 e. The van der Waals surface area contributed by atoms with Crippen LogP contribution in [0.15, 0.2) is 0 Å². The first-order valence-corrected chi connectivity index (χ1v) is 4.93. The van der Waals surface area contributed by atoms with Crippen molar-refractivity contribution in [3.8, 4) is 0 Å². The largest absolute Gasteiger partial charge is 0.412 e. The quantitative estimate of drug-likeness (QED) is 0.753. The number of nitrogens with two attached hydrogens (primary N) is 1. The Labute approximate surface area is 86.2 Å². The molecule has 1 rings (SSSR count). The van der Waals surface area contributed by atoms with Crippen LogP contribution >= 0.6 is 0 Å². The zero-order valence-electron chi connectivity index (χ0n) is 8.47. The molecule has 88 valence electrons. The van der Waals surface area contributed by atoms with Crippen molar-refractivity contribution < 1.29 is 18.0 Å². The third-order valence-electron chi connectivity index (χ3n) is 2.41. The molecule has 0 aromatic heterocycles. The Balaban J connectivity index is 2.33. The van der Waals surface area contributed by atoms with E-state index in [1.807, 2.05) is 0 Å². The van der Waals surface area contributed by atoms with Gasteiger partial charge in [-0.05, 0) is 19.3 Å². The topological polar surface area (TPSA) is 55.1 Å². The molecule has 0 bridgehead atoms. The fourth-order valence-electron chi connectivity index (χ4n) is 1.39. The molecule has 0 aromatic carbocycles. The Morgan fingerprint density at radius 2 is 2.07 bits per heavy atom. The molecule has 6 heteroatoms. The van der Waals surface area contributed by atoms with E-state index in [9.17, 15) is 18.0 Å². The number of rotatable bonds is 4. The molecule has 1 aliphatic carbocycles. The van der Waals surface area contributed by atoms with Crippen LogP contribution in [0, 0.1) is 5.92 Å². The summed E-state index contributed by atoms with van der Waals surface area (Å²) in [6, 6.07) is -2.66. The fraction of sp³-hybridized carbons (Fsp3) is 0.889. The standard InChI is InChI=1S/C9H15F3N2O/c1-5(4-6-2-3-6)14-8(15)7(13)9(10,11)12/h5-7H,2-4,13H2,1H3,(H,14,15). The van der Waals surface area contributed by atoms with Crippen molar-refractivity contribution in [1.82, 2.24) is 5.32 Å². The first-order chi connectivity index (χ1) is 6.80. The molecule has 1 amide bonds. The van der Waals surface area contributed by atoms with E-state index in [-0.39, 0.29) is 6.04 Å². The van der Waals surface area contributed by atoms with Crippen LogP contribution in [0.4, 0.5) is 13.2 Å². The molecule has 0 saturated heterocycles. The van der Waals surface area contributed by atoms with E-state index in [4.69, 9.17) is 5.73 Å². The lowest BCUT2D eigenvalue weighted by molar-refractivity contribution is -0.163. The maximum absolute atomic E-state index is 12.0. The summed E-state index contributed by atoms with van der Waals surface area (Å²) in [6.07, 6.45) is -1.73. The number of alkyl halides is 3. The van der Waals surface area contributed by atoms with Gasteiger partial charge in [-0.1, -0.05) is 12.8 Å². The van der Waals surface area contributed by atoms with Crippen LogP contribution in [0.5, 0.6) is 0 Å². The highest BCUT2D eigenvalue weighted by molar-refractivity contribution is 5.82. The summed E-state index contributed by atoms with van der Waals surface area (Å²) in [5.74, 6) is -0.585. The van der Waals surface area contributed by atoms with Gasteiger partial charge in [-0.25, -0.2) is 0 Å². The van der Waals surface area contributed by atoms with Gasteiger partial charge in [0.25, 0.3) is 0 Å². The average molecular weight is 224 g/mol. The lowest BCUT2D eigenvalue weighted by Crippen LogP contribution is -2.52. The van der Waals surface area contributed by atoms with Crippen LogP contribution in [-0.4, -0.2) is 24.2 Å². The first kappa shape index (κ1) is 12.3. The van der Waals surface area contributed by atoms with E-state index in [1.54, 1.807) is 6.92 Å². The van der Waals surface area contributed by atoms with E-state index in [0.717, 1.165) is 19.3 Å². The van der Waals surface area contributed by atoms with Gasteiger partial charge in [0.1, 0.15) is 0 Å². The van der Waals surface area contributed by atoms with E-state index < -0.39 is 18.1 Å². The van der Waals surface area contributed by atoms with Gasteiger partial charge in [0, 0.05) is 6.04 Å². The second-order valence-electron chi connectivity index (χ2n) is 4.11. The number of carbonyl (C=O) groups is 1. The molecular weight excluding hydrogens is 209 g/mol. The fourth-order valence-corrected chi connectivity index (χ4v) is 1.39. The van der Waals surface area contributed by atoms with Gasteiger partial charge in [0.15, 0.2) is 6.04 Å². The summed E-state index contributed by atoms with van der Waals surface area (Å²) in [7, 11) is 0.